The molecule has 0 atom stereocenters. The Morgan fingerprint density at radius 1 is 0.952 bits per heavy atom. The molecule has 124 valence electrons. The minimum absolute atomic E-state index is 0.0356. The van der Waals surface area contributed by atoms with Crippen LogP contribution in [0.3, 0.4) is 0 Å². The van der Waals surface area contributed by atoms with E-state index in [-0.39, 0.29) is 11.9 Å². The molecule has 0 aromatic rings. The van der Waals surface area contributed by atoms with E-state index in [0.29, 0.717) is 12.5 Å². The monoisotopic (exact) mass is 297 g/mol. The van der Waals surface area contributed by atoms with Crippen molar-refractivity contribution in [3.63, 3.8) is 0 Å². The first-order chi connectivity index (χ1) is 10.3. The first kappa shape index (κ1) is 18.5. The SMILES string of the molecule is CCCCCCCCCCOC(=O)C1CCC(CN)CC1. The van der Waals surface area contributed by atoms with Gasteiger partial charge in [-0.2, -0.15) is 0 Å². The van der Waals surface area contributed by atoms with Crippen LogP contribution in [0.2, 0.25) is 0 Å². The Morgan fingerprint density at radius 3 is 2.10 bits per heavy atom. The number of nitrogens with two attached hydrogens (primary N) is 1. The molecule has 0 saturated heterocycles. The minimum atomic E-state index is 0.0356. The van der Waals surface area contributed by atoms with Gasteiger partial charge in [0.1, 0.15) is 0 Å². The van der Waals surface area contributed by atoms with Crippen LogP contribution in [0.15, 0.2) is 0 Å². The molecule has 0 aromatic carbocycles. The van der Waals surface area contributed by atoms with E-state index >= 15 is 0 Å². The molecular formula is C18H35NO2. The summed E-state index contributed by atoms with van der Waals surface area (Å²) in [4.78, 5) is 11.9. The number of hydrogen-bond acceptors (Lipinski definition) is 3. The van der Waals surface area contributed by atoms with E-state index in [2.05, 4.69) is 6.92 Å². The molecule has 0 radical (unpaired) electrons. The van der Waals surface area contributed by atoms with Gasteiger partial charge in [-0.15, -0.1) is 0 Å². The Labute approximate surface area is 131 Å². The average Bonchev–Trinajstić information content (AvgIpc) is 2.53. The van der Waals surface area contributed by atoms with Crippen molar-refractivity contribution in [3.8, 4) is 0 Å². The molecule has 1 aliphatic rings. The second kappa shape index (κ2) is 12.0. The van der Waals surface area contributed by atoms with Crippen LogP contribution in [-0.2, 0) is 9.53 Å². The van der Waals surface area contributed by atoms with Crippen molar-refractivity contribution in [2.75, 3.05) is 13.2 Å². The van der Waals surface area contributed by atoms with Crippen molar-refractivity contribution < 1.29 is 9.53 Å². The standard InChI is InChI=1S/C18H35NO2/c1-2-3-4-5-6-7-8-9-14-21-18(20)17-12-10-16(15-19)11-13-17/h16-17H,2-15,19H2,1H3. The van der Waals surface area contributed by atoms with Gasteiger partial charge in [0.2, 0.25) is 0 Å². The fraction of sp³-hybridized carbons (Fsp3) is 0.944. The maximum atomic E-state index is 11.9. The fourth-order valence-electron chi connectivity index (χ4n) is 3.16. The van der Waals surface area contributed by atoms with Crippen LogP contribution in [0.1, 0.15) is 84.0 Å². The quantitative estimate of drug-likeness (QED) is 0.453. The van der Waals surface area contributed by atoms with Crippen LogP contribution < -0.4 is 5.73 Å². The summed E-state index contributed by atoms with van der Waals surface area (Å²) in [5.41, 5.74) is 5.67. The maximum absolute atomic E-state index is 11.9. The van der Waals surface area contributed by atoms with Gasteiger partial charge in [-0.1, -0.05) is 51.9 Å². The third kappa shape index (κ3) is 8.45. The number of carbonyl (C=O) groups is 1. The van der Waals surface area contributed by atoms with Crippen molar-refractivity contribution in [1.29, 1.82) is 0 Å². The molecule has 1 aliphatic carbocycles. The van der Waals surface area contributed by atoms with Crippen LogP contribution >= 0.6 is 0 Å². The molecule has 1 saturated carbocycles. The lowest BCUT2D eigenvalue weighted by Gasteiger charge is -2.26. The molecule has 0 aliphatic heterocycles. The summed E-state index contributed by atoms with van der Waals surface area (Å²) in [5, 5.41) is 0. The minimum Gasteiger partial charge on any atom is -0.465 e. The highest BCUT2D eigenvalue weighted by Gasteiger charge is 2.26. The molecule has 21 heavy (non-hydrogen) atoms. The summed E-state index contributed by atoms with van der Waals surface area (Å²) in [6, 6.07) is 0. The van der Waals surface area contributed by atoms with Gasteiger partial charge in [0, 0.05) is 0 Å². The molecule has 3 nitrogen and oxygen atoms in total. The third-order valence-corrected chi connectivity index (χ3v) is 4.76. The second-order valence-electron chi connectivity index (χ2n) is 6.60. The van der Waals surface area contributed by atoms with Gasteiger partial charge in [0.05, 0.1) is 12.5 Å². The first-order valence-corrected chi connectivity index (χ1v) is 9.14. The zero-order valence-electron chi connectivity index (χ0n) is 13.9. The van der Waals surface area contributed by atoms with Gasteiger partial charge in [0.15, 0.2) is 0 Å². The topological polar surface area (TPSA) is 52.3 Å². The third-order valence-electron chi connectivity index (χ3n) is 4.76. The van der Waals surface area contributed by atoms with Crippen LogP contribution in [-0.4, -0.2) is 19.1 Å². The van der Waals surface area contributed by atoms with E-state index in [1.165, 1.54) is 44.9 Å². The van der Waals surface area contributed by atoms with E-state index < -0.39 is 0 Å². The lowest BCUT2D eigenvalue weighted by Crippen LogP contribution is -2.27. The normalized spacial score (nSPS) is 22.2. The Hall–Kier alpha value is -0.570. The van der Waals surface area contributed by atoms with E-state index in [9.17, 15) is 4.79 Å². The summed E-state index contributed by atoms with van der Waals surface area (Å²) in [6.07, 6.45) is 14.4. The van der Waals surface area contributed by atoms with E-state index in [4.69, 9.17) is 10.5 Å². The summed E-state index contributed by atoms with van der Waals surface area (Å²) < 4.78 is 5.43. The molecule has 2 N–H and O–H groups in total. The summed E-state index contributed by atoms with van der Waals surface area (Å²) in [6.45, 7) is 3.63. The molecule has 3 heteroatoms. The molecule has 0 aromatic heterocycles. The predicted octanol–water partition coefficient (Wildman–Crippen LogP) is 4.44. The molecule has 0 heterocycles. The van der Waals surface area contributed by atoms with Gasteiger partial charge in [-0.3, -0.25) is 4.79 Å². The molecule has 0 amide bonds. The molecule has 1 rings (SSSR count). The largest absolute Gasteiger partial charge is 0.465 e. The summed E-state index contributed by atoms with van der Waals surface area (Å²) in [5.74, 6) is 0.803. The number of esters is 1. The van der Waals surface area contributed by atoms with Gasteiger partial charge < -0.3 is 10.5 Å². The zero-order chi connectivity index (χ0) is 15.3. The van der Waals surface area contributed by atoms with Crippen molar-refractivity contribution in [3.05, 3.63) is 0 Å². The maximum Gasteiger partial charge on any atom is 0.308 e. The number of carbonyl (C=O) groups excluding carboxylic acids is 1. The van der Waals surface area contributed by atoms with E-state index in [0.717, 1.165) is 38.6 Å². The first-order valence-electron chi connectivity index (χ1n) is 9.14. The highest BCUT2D eigenvalue weighted by atomic mass is 16.5. The zero-order valence-corrected chi connectivity index (χ0v) is 13.9. The number of rotatable bonds is 11. The molecule has 1 fully saturated rings. The van der Waals surface area contributed by atoms with Crippen molar-refractivity contribution >= 4 is 5.97 Å². The number of hydrogen-bond donors (Lipinski definition) is 1. The number of ether oxygens (including phenoxy) is 1. The van der Waals surface area contributed by atoms with Crippen LogP contribution in [0.5, 0.6) is 0 Å². The number of unbranched alkanes of at least 4 members (excludes halogenated alkanes) is 7. The molecule has 0 unspecified atom stereocenters. The Balaban J connectivity index is 1.92. The predicted molar refractivity (Wildman–Crippen MR) is 88.1 cm³/mol. The molecular weight excluding hydrogens is 262 g/mol. The van der Waals surface area contributed by atoms with Gasteiger partial charge >= 0.3 is 5.97 Å². The Kier molecular flexibility index (Phi) is 10.6. The van der Waals surface area contributed by atoms with Crippen LogP contribution in [0.25, 0.3) is 0 Å². The Morgan fingerprint density at radius 2 is 1.52 bits per heavy atom. The van der Waals surface area contributed by atoms with Crippen LogP contribution in [0.4, 0.5) is 0 Å². The van der Waals surface area contributed by atoms with Crippen LogP contribution in [0, 0.1) is 11.8 Å². The van der Waals surface area contributed by atoms with Crippen molar-refractivity contribution in [2.45, 2.75) is 84.0 Å². The van der Waals surface area contributed by atoms with E-state index in [1.807, 2.05) is 0 Å². The molecule has 0 spiro atoms. The van der Waals surface area contributed by atoms with E-state index in [1.54, 1.807) is 0 Å². The molecule has 0 bridgehead atoms. The van der Waals surface area contributed by atoms with Crippen molar-refractivity contribution in [2.24, 2.45) is 17.6 Å². The Bertz CT molecular complexity index is 260. The van der Waals surface area contributed by atoms with Gasteiger partial charge in [-0.25, -0.2) is 0 Å². The summed E-state index contributed by atoms with van der Waals surface area (Å²) >= 11 is 0. The average molecular weight is 297 g/mol. The van der Waals surface area contributed by atoms with Gasteiger partial charge in [-0.05, 0) is 44.6 Å². The fourth-order valence-corrected chi connectivity index (χ4v) is 3.16. The van der Waals surface area contributed by atoms with Crippen molar-refractivity contribution in [1.82, 2.24) is 0 Å². The smallest absolute Gasteiger partial charge is 0.308 e. The lowest BCUT2D eigenvalue weighted by atomic mass is 9.82. The summed E-state index contributed by atoms with van der Waals surface area (Å²) in [7, 11) is 0. The second-order valence-corrected chi connectivity index (χ2v) is 6.60. The lowest BCUT2D eigenvalue weighted by molar-refractivity contribution is -0.150. The van der Waals surface area contributed by atoms with Gasteiger partial charge in [0.25, 0.3) is 0 Å². The highest BCUT2D eigenvalue weighted by Crippen LogP contribution is 2.28. The highest BCUT2D eigenvalue weighted by molar-refractivity contribution is 5.72.